The van der Waals surface area contributed by atoms with Crippen molar-refractivity contribution in [1.29, 1.82) is 5.41 Å². The molecule has 0 radical (unpaired) electrons. The number of piperidine rings is 1. The molecule has 1 atom stereocenters. The van der Waals surface area contributed by atoms with Crippen molar-refractivity contribution >= 4 is 11.5 Å². The van der Waals surface area contributed by atoms with Crippen LogP contribution in [0.25, 0.3) is 0 Å². The third-order valence-electron chi connectivity index (χ3n) is 3.80. The lowest BCUT2D eigenvalue weighted by Gasteiger charge is -2.40. The standard InChI is InChI=1S/C14H19F2N3O/c1-14(20-2)4-3-5-19(8-14)12-10(15)6-9(13(17)18)7-11(12)16/h6-7H,3-5,8H2,1-2H3,(H3,17,18). The SMILES string of the molecule is COC1(C)CCCN(c2c(F)cc(C(=N)N)cc2F)C1. The van der Waals surface area contributed by atoms with Crippen LogP contribution in [0, 0.1) is 17.0 Å². The van der Waals surface area contributed by atoms with E-state index < -0.39 is 17.2 Å². The van der Waals surface area contributed by atoms with E-state index in [2.05, 4.69) is 0 Å². The maximum Gasteiger partial charge on any atom is 0.150 e. The lowest BCUT2D eigenvalue weighted by molar-refractivity contribution is -0.00489. The lowest BCUT2D eigenvalue weighted by Crippen LogP contribution is -2.48. The first-order valence-electron chi connectivity index (χ1n) is 6.50. The molecule has 1 aliphatic heterocycles. The molecule has 1 aliphatic rings. The highest BCUT2D eigenvalue weighted by Gasteiger charge is 2.33. The largest absolute Gasteiger partial charge is 0.384 e. The number of nitrogens with one attached hydrogen (secondary N) is 1. The van der Waals surface area contributed by atoms with E-state index in [9.17, 15) is 8.78 Å². The molecular weight excluding hydrogens is 264 g/mol. The molecule has 3 N–H and O–H groups in total. The molecule has 110 valence electrons. The molecule has 1 unspecified atom stereocenters. The maximum atomic E-state index is 14.1. The topological polar surface area (TPSA) is 62.3 Å². The van der Waals surface area contributed by atoms with Crippen LogP contribution in [0.3, 0.4) is 0 Å². The molecule has 1 heterocycles. The van der Waals surface area contributed by atoms with Gasteiger partial charge in [-0.15, -0.1) is 0 Å². The van der Waals surface area contributed by atoms with Gasteiger partial charge in [-0.1, -0.05) is 0 Å². The minimum atomic E-state index is -0.699. The molecule has 0 aliphatic carbocycles. The maximum absolute atomic E-state index is 14.1. The van der Waals surface area contributed by atoms with E-state index in [0.29, 0.717) is 13.1 Å². The first-order valence-corrected chi connectivity index (χ1v) is 6.50. The van der Waals surface area contributed by atoms with Crippen molar-refractivity contribution in [2.45, 2.75) is 25.4 Å². The van der Waals surface area contributed by atoms with Crippen LogP contribution in [-0.2, 0) is 4.74 Å². The number of rotatable bonds is 3. The molecule has 0 amide bonds. The molecule has 0 saturated carbocycles. The molecule has 6 heteroatoms. The Morgan fingerprint density at radius 1 is 1.40 bits per heavy atom. The van der Waals surface area contributed by atoms with Gasteiger partial charge in [0, 0.05) is 25.8 Å². The number of nitrogen functional groups attached to an aromatic ring is 1. The number of ether oxygens (including phenoxy) is 1. The van der Waals surface area contributed by atoms with Crippen LogP contribution < -0.4 is 10.6 Å². The summed E-state index contributed by atoms with van der Waals surface area (Å²) in [6.07, 6.45) is 1.66. The minimum absolute atomic E-state index is 0.0512. The van der Waals surface area contributed by atoms with E-state index in [1.807, 2.05) is 6.92 Å². The Bertz CT molecular complexity index is 512. The van der Waals surface area contributed by atoms with Gasteiger partial charge in [-0.25, -0.2) is 8.78 Å². The predicted octanol–water partition coefficient (Wildman–Crippen LogP) is 2.25. The summed E-state index contributed by atoms with van der Waals surface area (Å²) in [7, 11) is 1.61. The lowest BCUT2D eigenvalue weighted by atomic mass is 9.94. The fourth-order valence-corrected chi connectivity index (χ4v) is 2.59. The summed E-state index contributed by atoms with van der Waals surface area (Å²) >= 11 is 0. The van der Waals surface area contributed by atoms with E-state index in [1.165, 1.54) is 0 Å². The molecule has 0 aromatic heterocycles. The average molecular weight is 283 g/mol. The van der Waals surface area contributed by atoms with Gasteiger partial charge in [0.15, 0.2) is 0 Å². The number of benzene rings is 1. The van der Waals surface area contributed by atoms with Gasteiger partial charge in [0.2, 0.25) is 0 Å². The number of methoxy groups -OCH3 is 1. The zero-order valence-electron chi connectivity index (χ0n) is 11.7. The Morgan fingerprint density at radius 3 is 2.50 bits per heavy atom. The van der Waals surface area contributed by atoms with E-state index >= 15 is 0 Å². The highest BCUT2D eigenvalue weighted by molar-refractivity contribution is 5.95. The van der Waals surface area contributed by atoms with Crippen LogP contribution in [-0.4, -0.2) is 31.6 Å². The van der Waals surface area contributed by atoms with Crippen LogP contribution in [0.5, 0.6) is 0 Å². The molecule has 0 bridgehead atoms. The van der Waals surface area contributed by atoms with Crippen molar-refractivity contribution in [1.82, 2.24) is 0 Å². The first-order chi connectivity index (χ1) is 9.36. The number of amidine groups is 1. The van der Waals surface area contributed by atoms with Gasteiger partial charge in [-0.2, -0.15) is 0 Å². The van der Waals surface area contributed by atoms with Gasteiger partial charge in [0.25, 0.3) is 0 Å². The summed E-state index contributed by atoms with van der Waals surface area (Å²) in [6.45, 7) is 2.93. The average Bonchev–Trinajstić information content (AvgIpc) is 2.38. The van der Waals surface area contributed by atoms with E-state index in [1.54, 1.807) is 12.0 Å². The Labute approximate surface area is 117 Å². The second-order valence-corrected chi connectivity index (χ2v) is 5.38. The van der Waals surface area contributed by atoms with Crippen LogP contribution in [0.15, 0.2) is 12.1 Å². The van der Waals surface area contributed by atoms with Crippen molar-refractivity contribution < 1.29 is 13.5 Å². The predicted molar refractivity (Wildman–Crippen MR) is 74.2 cm³/mol. The van der Waals surface area contributed by atoms with Crippen LogP contribution in [0.4, 0.5) is 14.5 Å². The third kappa shape index (κ3) is 2.75. The molecule has 20 heavy (non-hydrogen) atoms. The molecular formula is C14H19F2N3O. The number of nitrogens with two attached hydrogens (primary N) is 1. The molecule has 1 fully saturated rings. The van der Waals surface area contributed by atoms with Gasteiger partial charge in [0.1, 0.15) is 23.2 Å². The summed E-state index contributed by atoms with van der Waals surface area (Å²) in [5, 5.41) is 7.25. The van der Waals surface area contributed by atoms with Crippen molar-refractivity contribution in [2.75, 3.05) is 25.1 Å². The van der Waals surface area contributed by atoms with Crippen LogP contribution in [0.1, 0.15) is 25.3 Å². The summed E-state index contributed by atoms with van der Waals surface area (Å²) in [5.41, 5.74) is 4.83. The van der Waals surface area contributed by atoms with Gasteiger partial charge in [0.05, 0.1) is 5.60 Å². The quantitative estimate of drug-likeness (QED) is 0.660. The smallest absolute Gasteiger partial charge is 0.150 e. The van der Waals surface area contributed by atoms with Crippen molar-refractivity contribution in [3.05, 3.63) is 29.3 Å². The van der Waals surface area contributed by atoms with Crippen molar-refractivity contribution in [3.63, 3.8) is 0 Å². The summed E-state index contributed by atoms with van der Waals surface area (Å²) in [5.74, 6) is -1.75. The Hall–Kier alpha value is -1.69. The third-order valence-corrected chi connectivity index (χ3v) is 3.80. The van der Waals surface area contributed by atoms with Crippen molar-refractivity contribution in [2.24, 2.45) is 5.73 Å². The van der Waals surface area contributed by atoms with Gasteiger partial charge >= 0.3 is 0 Å². The highest BCUT2D eigenvalue weighted by Crippen LogP contribution is 2.32. The second-order valence-electron chi connectivity index (χ2n) is 5.38. The van der Waals surface area contributed by atoms with Crippen LogP contribution in [0.2, 0.25) is 0 Å². The number of anilines is 1. The number of hydrogen-bond donors (Lipinski definition) is 2. The second kappa shape index (κ2) is 5.36. The number of nitrogens with zero attached hydrogens (tertiary/aromatic N) is 1. The molecule has 4 nitrogen and oxygen atoms in total. The Kier molecular flexibility index (Phi) is 3.94. The van der Waals surface area contributed by atoms with E-state index in [4.69, 9.17) is 15.9 Å². The fourth-order valence-electron chi connectivity index (χ4n) is 2.59. The minimum Gasteiger partial charge on any atom is -0.384 e. The summed E-state index contributed by atoms with van der Waals surface area (Å²) < 4.78 is 33.7. The number of halogens is 2. The Balaban J connectivity index is 2.35. The summed E-state index contributed by atoms with van der Waals surface area (Å²) in [4.78, 5) is 1.65. The monoisotopic (exact) mass is 283 g/mol. The zero-order chi connectivity index (χ0) is 14.9. The van der Waals surface area contributed by atoms with Crippen LogP contribution >= 0.6 is 0 Å². The molecule has 0 spiro atoms. The zero-order valence-corrected chi connectivity index (χ0v) is 11.7. The normalized spacial score (nSPS) is 22.9. The Morgan fingerprint density at radius 2 is 2.00 bits per heavy atom. The molecule has 1 aromatic rings. The highest BCUT2D eigenvalue weighted by atomic mass is 19.1. The summed E-state index contributed by atoms with van der Waals surface area (Å²) in [6, 6.07) is 2.19. The van der Waals surface area contributed by atoms with Gasteiger partial charge < -0.3 is 15.4 Å². The number of hydrogen-bond acceptors (Lipinski definition) is 3. The van der Waals surface area contributed by atoms with Crippen molar-refractivity contribution in [3.8, 4) is 0 Å². The molecule has 2 rings (SSSR count). The van der Waals surface area contributed by atoms with Gasteiger partial charge in [-0.05, 0) is 31.9 Å². The molecule has 1 aromatic carbocycles. The molecule has 1 saturated heterocycles. The van der Waals surface area contributed by atoms with E-state index in [0.717, 1.165) is 25.0 Å². The van der Waals surface area contributed by atoms with Gasteiger partial charge in [-0.3, -0.25) is 5.41 Å². The van der Waals surface area contributed by atoms with E-state index in [-0.39, 0.29) is 17.1 Å². The fraction of sp³-hybridized carbons (Fsp3) is 0.500. The first kappa shape index (κ1) is 14.7.